The molecule has 1 aromatic heterocycles. The number of nitrogens with zero attached hydrogens (tertiary/aromatic N) is 1. The number of hydrogen-bond acceptors (Lipinski definition) is 3. The Morgan fingerprint density at radius 3 is 3.25 bits per heavy atom. The molecule has 0 unspecified atom stereocenters. The first-order valence-electron chi connectivity index (χ1n) is 2.32. The SMILES string of the molecule is [CH2]NCc1ccon1. The van der Waals surface area contributed by atoms with Crippen LogP contribution in [0.4, 0.5) is 0 Å². The van der Waals surface area contributed by atoms with Crippen LogP contribution >= 0.6 is 0 Å². The van der Waals surface area contributed by atoms with E-state index in [4.69, 9.17) is 0 Å². The standard InChI is InChI=1S/C5H7N2O/c1-6-4-5-2-3-8-7-5/h2-3,6H,1,4H2. The summed E-state index contributed by atoms with van der Waals surface area (Å²) in [5.74, 6) is 0. The summed E-state index contributed by atoms with van der Waals surface area (Å²) in [6, 6.07) is 1.79. The molecular formula is C5H7N2O. The summed E-state index contributed by atoms with van der Waals surface area (Å²) in [5, 5.41) is 6.33. The molecule has 0 aliphatic heterocycles. The maximum atomic E-state index is 4.55. The van der Waals surface area contributed by atoms with Crippen molar-refractivity contribution in [3.63, 3.8) is 0 Å². The predicted octanol–water partition coefficient (Wildman–Crippen LogP) is 0.556. The van der Waals surface area contributed by atoms with Crippen molar-refractivity contribution in [3.05, 3.63) is 25.1 Å². The largest absolute Gasteiger partial charge is 0.364 e. The van der Waals surface area contributed by atoms with Crippen LogP contribution in [0.15, 0.2) is 16.9 Å². The Bertz CT molecular complexity index is 136. The van der Waals surface area contributed by atoms with Gasteiger partial charge in [-0.25, -0.2) is 0 Å². The molecule has 1 rings (SSSR count). The first kappa shape index (κ1) is 5.31. The van der Waals surface area contributed by atoms with Gasteiger partial charge in [0.05, 0.1) is 5.69 Å². The summed E-state index contributed by atoms with van der Waals surface area (Å²) < 4.78 is 4.55. The highest BCUT2D eigenvalue weighted by Crippen LogP contribution is 1.90. The molecule has 43 valence electrons. The van der Waals surface area contributed by atoms with E-state index in [1.54, 1.807) is 6.07 Å². The number of rotatable bonds is 2. The molecule has 1 radical (unpaired) electrons. The van der Waals surface area contributed by atoms with Gasteiger partial charge < -0.3 is 9.84 Å². The number of aromatic nitrogens is 1. The minimum Gasteiger partial charge on any atom is -0.364 e. The van der Waals surface area contributed by atoms with E-state index in [0.717, 1.165) is 5.69 Å². The molecule has 0 aromatic carbocycles. The van der Waals surface area contributed by atoms with Gasteiger partial charge in [-0.1, -0.05) is 5.16 Å². The van der Waals surface area contributed by atoms with E-state index < -0.39 is 0 Å². The summed E-state index contributed by atoms with van der Waals surface area (Å²) in [7, 11) is 3.43. The molecule has 0 saturated carbocycles. The Morgan fingerprint density at radius 1 is 1.88 bits per heavy atom. The zero-order valence-electron chi connectivity index (χ0n) is 4.42. The van der Waals surface area contributed by atoms with Gasteiger partial charge >= 0.3 is 0 Å². The highest BCUT2D eigenvalue weighted by Gasteiger charge is 1.89. The third-order valence-corrected chi connectivity index (χ3v) is 0.797. The van der Waals surface area contributed by atoms with Crippen LogP contribution in [0.5, 0.6) is 0 Å². The van der Waals surface area contributed by atoms with E-state index in [0.29, 0.717) is 6.54 Å². The lowest BCUT2D eigenvalue weighted by atomic mass is 10.4. The van der Waals surface area contributed by atoms with Gasteiger partial charge in [0.25, 0.3) is 0 Å². The van der Waals surface area contributed by atoms with Crippen molar-refractivity contribution in [2.45, 2.75) is 6.54 Å². The maximum absolute atomic E-state index is 4.55. The van der Waals surface area contributed by atoms with Crippen LogP contribution in [0, 0.1) is 7.05 Å². The second-order valence-corrected chi connectivity index (χ2v) is 1.42. The minimum absolute atomic E-state index is 0.663. The molecule has 0 bridgehead atoms. The van der Waals surface area contributed by atoms with E-state index >= 15 is 0 Å². The number of nitrogens with one attached hydrogen (secondary N) is 1. The second-order valence-electron chi connectivity index (χ2n) is 1.42. The summed E-state index contributed by atoms with van der Waals surface area (Å²) in [6.45, 7) is 0.663. The van der Waals surface area contributed by atoms with Gasteiger partial charge in [0, 0.05) is 19.7 Å². The van der Waals surface area contributed by atoms with Crippen molar-refractivity contribution in [1.29, 1.82) is 0 Å². The van der Waals surface area contributed by atoms with Gasteiger partial charge in [-0.15, -0.1) is 0 Å². The quantitative estimate of drug-likeness (QED) is 0.605. The van der Waals surface area contributed by atoms with Crippen LogP contribution in [0.2, 0.25) is 0 Å². The molecule has 0 aliphatic rings. The normalized spacial score (nSPS) is 9.62. The van der Waals surface area contributed by atoms with Crippen molar-refractivity contribution in [1.82, 2.24) is 10.5 Å². The van der Waals surface area contributed by atoms with Crippen LogP contribution in [0.1, 0.15) is 5.69 Å². The third kappa shape index (κ3) is 1.07. The van der Waals surface area contributed by atoms with E-state index in [2.05, 4.69) is 22.0 Å². The Hall–Kier alpha value is -0.830. The van der Waals surface area contributed by atoms with Gasteiger partial charge in [-0.05, 0) is 0 Å². The smallest absolute Gasteiger partial charge is 0.124 e. The molecule has 8 heavy (non-hydrogen) atoms. The maximum Gasteiger partial charge on any atom is 0.124 e. The fourth-order valence-electron chi connectivity index (χ4n) is 0.457. The Labute approximate surface area is 47.7 Å². The Kier molecular flexibility index (Phi) is 1.64. The van der Waals surface area contributed by atoms with Crippen molar-refractivity contribution in [3.8, 4) is 0 Å². The molecular weight excluding hydrogens is 104 g/mol. The number of hydrogen-bond donors (Lipinski definition) is 1. The summed E-state index contributed by atoms with van der Waals surface area (Å²) >= 11 is 0. The minimum atomic E-state index is 0.663. The molecule has 1 heterocycles. The summed E-state index contributed by atoms with van der Waals surface area (Å²) in [6.07, 6.45) is 1.53. The predicted molar refractivity (Wildman–Crippen MR) is 28.7 cm³/mol. The van der Waals surface area contributed by atoms with Gasteiger partial charge in [-0.2, -0.15) is 0 Å². The molecule has 0 amide bonds. The molecule has 0 saturated heterocycles. The van der Waals surface area contributed by atoms with E-state index in [9.17, 15) is 0 Å². The molecule has 3 nitrogen and oxygen atoms in total. The molecule has 0 fully saturated rings. The second kappa shape index (κ2) is 2.47. The zero-order valence-corrected chi connectivity index (χ0v) is 4.42. The summed E-state index contributed by atoms with van der Waals surface area (Å²) in [4.78, 5) is 0. The van der Waals surface area contributed by atoms with Gasteiger partial charge in [0.15, 0.2) is 0 Å². The van der Waals surface area contributed by atoms with Crippen molar-refractivity contribution < 1.29 is 4.52 Å². The van der Waals surface area contributed by atoms with E-state index in [-0.39, 0.29) is 0 Å². The van der Waals surface area contributed by atoms with Crippen LogP contribution in [0.3, 0.4) is 0 Å². The lowest BCUT2D eigenvalue weighted by Crippen LogP contribution is -2.01. The molecule has 0 aliphatic carbocycles. The van der Waals surface area contributed by atoms with Crippen LogP contribution in [-0.2, 0) is 6.54 Å². The average Bonchev–Trinajstić information content (AvgIpc) is 2.19. The third-order valence-electron chi connectivity index (χ3n) is 0.797. The van der Waals surface area contributed by atoms with Crippen LogP contribution in [-0.4, -0.2) is 5.16 Å². The van der Waals surface area contributed by atoms with Crippen LogP contribution in [0.25, 0.3) is 0 Å². The summed E-state index contributed by atoms with van der Waals surface area (Å²) in [5.41, 5.74) is 0.875. The monoisotopic (exact) mass is 111 g/mol. The Morgan fingerprint density at radius 2 is 2.75 bits per heavy atom. The fourth-order valence-corrected chi connectivity index (χ4v) is 0.457. The van der Waals surface area contributed by atoms with Gasteiger partial charge in [0.2, 0.25) is 0 Å². The van der Waals surface area contributed by atoms with Crippen molar-refractivity contribution in [2.75, 3.05) is 0 Å². The van der Waals surface area contributed by atoms with Gasteiger partial charge in [-0.3, -0.25) is 0 Å². The van der Waals surface area contributed by atoms with Crippen LogP contribution < -0.4 is 5.32 Å². The fraction of sp³-hybridized carbons (Fsp3) is 0.200. The first-order valence-corrected chi connectivity index (χ1v) is 2.32. The van der Waals surface area contributed by atoms with E-state index in [1.165, 1.54) is 6.26 Å². The van der Waals surface area contributed by atoms with E-state index in [1.807, 2.05) is 0 Å². The van der Waals surface area contributed by atoms with Crippen molar-refractivity contribution >= 4 is 0 Å². The van der Waals surface area contributed by atoms with Crippen molar-refractivity contribution in [2.24, 2.45) is 0 Å². The average molecular weight is 111 g/mol. The molecule has 1 aromatic rings. The first-order chi connectivity index (χ1) is 3.93. The van der Waals surface area contributed by atoms with Gasteiger partial charge in [0.1, 0.15) is 6.26 Å². The molecule has 1 N–H and O–H groups in total. The topological polar surface area (TPSA) is 38.1 Å². The lowest BCUT2D eigenvalue weighted by molar-refractivity contribution is 0.410. The lowest BCUT2D eigenvalue weighted by Gasteiger charge is -1.86. The highest BCUT2D eigenvalue weighted by molar-refractivity contribution is 4.93. The Balaban J connectivity index is 2.50. The zero-order chi connectivity index (χ0) is 5.82. The molecule has 3 heteroatoms. The molecule has 0 spiro atoms. The molecule has 0 atom stereocenters. The highest BCUT2D eigenvalue weighted by atomic mass is 16.5.